The van der Waals surface area contributed by atoms with Gasteiger partial charge in [0.25, 0.3) is 5.91 Å². The fourth-order valence-corrected chi connectivity index (χ4v) is 4.47. The topological polar surface area (TPSA) is 65.6 Å². The van der Waals surface area contributed by atoms with Gasteiger partial charge in [-0.25, -0.2) is 0 Å². The van der Waals surface area contributed by atoms with Crippen LogP contribution in [0.5, 0.6) is 11.5 Å². The van der Waals surface area contributed by atoms with Crippen molar-refractivity contribution in [2.45, 2.75) is 13.0 Å². The number of aromatic nitrogens is 1. The number of fused-ring (bicyclic) bond motifs is 2. The Hall–Kier alpha value is -4.25. The Balaban J connectivity index is 1.48. The van der Waals surface area contributed by atoms with E-state index in [-0.39, 0.29) is 11.7 Å². The van der Waals surface area contributed by atoms with E-state index in [4.69, 9.17) is 4.74 Å². The lowest BCUT2D eigenvalue weighted by Crippen LogP contribution is -2.32. The Morgan fingerprint density at radius 2 is 1.71 bits per heavy atom. The lowest BCUT2D eigenvalue weighted by Gasteiger charge is -2.24. The van der Waals surface area contributed by atoms with Crippen molar-refractivity contribution in [3.8, 4) is 11.5 Å². The van der Waals surface area contributed by atoms with Crippen LogP contribution in [0.25, 0.3) is 21.7 Å². The third kappa shape index (κ3) is 4.20. The van der Waals surface area contributed by atoms with Crippen LogP contribution < -0.4 is 4.74 Å². The fraction of sp³-hybridized carbons (Fsp3) is 0.138. The average molecular weight is 451 g/mol. The molecule has 170 valence electrons. The monoisotopic (exact) mass is 450 g/mol. The number of hydrogen-bond donors (Lipinski definition) is 2. The summed E-state index contributed by atoms with van der Waals surface area (Å²) in [5.41, 5.74) is 3.77. The highest BCUT2D eigenvalue weighted by Crippen LogP contribution is 2.29. The minimum Gasteiger partial charge on any atom is -0.507 e. The summed E-state index contributed by atoms with van der Waals surface area (Å²) in [6, 6.07) is 26.8. The predicted molar refractivity (Wildman–Crippen MR) is 135 cm³/mol. The van der Waals surface area contributed by atoms with Gasteiger partial charge < -0.3 is 19.7 Å². The van der Waals surface area contributed by atoms with Crippen LogP contribution in [0, 0.1) is 0 Å². The zero-order chi connectivity index (χ0) is 23.5. The SMILES string of the molecule is COc1ccc(CN(CCc2c[nH]c3ccccc23)C(=O)c2cccc3cccc(O)c23)cc1. The minimum absolute atomic E-state index is 0.109. The molecule has 0 spiro atoms. The first-order valence-corrected chi connectivity index (χ1v) is 11.3. The molecule has 0 bridgehead atoms. The smallest absolute Gasteiger partial charge is 0.254 e. The molecule has 1 heterocycles. The zero-order valence-corrected chi connectivity index (χ0v) is 19.0. The number of H-pyrrole nitrogens is 1. The molecule has 2 N–H and O–H groups in total. The molecule has 5 nitrogen and oxygen atoms in total. The van der Waals surface area contributed by atoms with Gasteiger partial charge in [-0.15, -0.1) is 0 Å². The molecule has 0 aliphatic carbocycles. The highest BCUT2D eigenvalue weighted by atomic mass is 16.5. The van der Waals surface area contributed by atoms with E-state index in [1.165, 1.54) is 10.9 Å². The van der Waals surface area contributed by atoms with Gasteiger partial charge in [-0.05, 0) is 53.3 Å². The van der Waals surface area contributed by atoms with E-state index in [0.717, 1.165) is 22.2 Å². The number of methoxy groups -OCH3 is 1. The maximum Gasteiger partial charge on any atom is 0.254 e. The van der Waals surface area contributed by atoms with Gasteiger partial charge >= 0.3 is 0 Å². The number of benzene rings is 4. The first-order valence-electron chi connectivity index (χ1n) is 11.3. The number of aromatic amines is 1. The Morgan fingerprint density at radius 3 is 2.50 bits per heavy atom. The molecule has 5 aromatic rings. The van der Waals surface area contributed by atoms with Crippen molar-refractivity contribution in [3.05, 3.63) is 108 Å². The Morgan fingerprint density at radius 1 is 0.941 bits per heavy atom. The van der Waals surface area contributed by atoms with E-state index in [2.05, 4.69) is 17.1 Å². The number of aromatic hydroxyl groups is 1. The molecule has 4 aromatic carbocycles. The molecule has 0 atom stereocenters. The van der Waals surface area contributed by atoms with Gasteiger partial charge in [0.15, 0.2) is 0 Å². The molecule has 0 unspecified atom stereocenters. The molecule has 5 heteroatoms. The largest absolute Gasteiger partial charge is 0.507 e. The van der Waals surface area contributed by atoms with Crippen LogP contribution in [0.15, 0.2) is 91.1 Å². The number of ether oxygens (including phenoxy) is 1. The fourth-order valence-electron chi connectivity index (χ4n) is 4.47. The maximum absolute atomic E-state index is 13.8. The summed E-state index contributed by atoms with van der Waals surface area (Å²) in [5.74, 6) is 0.782. The molecular formula is C29H26N2O3. The van der Waals surface area contributed by atoms with Crippen LogP contribution in [0.2, 0.25) is 0 Å². The highest BCUT2D eigenvalue weighted by Gasteiger charge is 2.20. The van der Waals surface area contributed by atoms with E-state index in [1.807, 2.05) is 65.7 Å². The van der Waals surface area contributed by atoms with Crippen molar-refractivity contribution in [1.82, 2.24) is 9.88 Å². The summed E-state index contributed by atoms with van der Waals surface area (Å²) in [6.07, 6.45) is 2.73. The molecular weight excluding hydrogens is 424 g/mol. The van der Waals surface area contributed by atoms with E-state index < -0.39 is 0 Å². The number of carbonyl (C=O) groups excluding carboxylic acids is 1. The molecule has 0 saturated heterocycles. The van der Waals surface area contributed by atoms with Gasteiger partial charge in [-0.1, -0.05) is 54.6 Å². The van der Waals surface area contributed by atoms with Crippen LogP contribution in [0.3, 0.4) is 0 Å². The normalized spacial score (nSPS) is 11.1. The maximum atomic E-state index is 13.8. The average Bonchev–Trinajstić information content (AvgIpc) is 3.29. The quantitative estimate of drug-likeness (QED) is 0.323. The molecule has 1 aromatic heterocycles. The number of para-hydroxylation sites is 1. The van der Waals surface area contributed by atoms with Crippen molar-refractivity contribution >= 4 is 27.6 Å². The summed E-state index contributed by atoms with van der Waals surface area (Å²) < 4.78 is 5.28. The van der Waals surface area contributed by atoms with Gasteiger partial charge in [0.1, 0.15) is 11.5 Å². The minimum atomic E-state index is -0.109. The Labute approximate surface area is 198 Å². The van der Waals surface area contributed by atoms with Crippen molar-refractivity contribution in [3.63, 3.8) is 0 Å². The van der Waals surface area contributed by atoms with Crippen LogP contribution in [0.4, 0.5) is 0 Å². The van der Waals surface area contributed by atoms with Crippen molar-refractivity contribution in [2.75, 3.05) is 13.7 Å². The second kappa shape index (κ2) is 9.32. The van der Waals surface area contributed by atoms with Crippen molar-refractivity contribution in [2.24, 2.45) is 0 Å². The number of phenolic OH excluding ortho intramolecular Hbond substituents is 1. The third-order valence-electron chi connectivity index (χ3n) is 6.26. The number of nitrogens with one attached hydrogen (secondary N) is 1. The van der Waals surface area contributed by atoms with E-state index >= 15 is 0 Å². The molecule has 34 heavy (non-hydrogen) atoms. The summed E-state index contributed by atoms with van der Waals surface area (Å²) in [6.45, 7) is 0.992. The Kier molecular flexibility index (Phi) is 5.91. The number of rotatable bonds is 7. The zero-order valence-electron chi connectivity index (χ0n) is 19.0. The van der Waals surface area contributed by atoms with Crippen LogP contribution in [-0.2, 0) is 13.0 Å². The van der Waals surface area contributed by atoms with Crippen LogP contribution in [0.1, 0.15) is 21.5 Å². The molecule has 0 radical (unpaired) electrons. The lowest BCUT2D eigenvalue weighted by atomic mass is 10.0. The molecule has 1 amide bonds. The van der Waals surface area contributed by atoms with Crippen LogP contribution >= 0.6 is 0 Å². The first-order chi connectivity index (χ1) is 16.6. The van der Waals surface area contributed by atoms with E-state index in [1.54, 1.807) is 25.3 Å². The number of phenols is 1. The predicted octanol–water partition coefficient (Wildman–Crippen LogP) is 5.92. The third-order valence-corrected chi connectivity index (χ3v) is 6.26. The lowest BCUT2D eigenvalue weighted by molar-refractivity contribution is 0.0747. The molecule has 0 aliphatic rings. The number of amides is 1. The summed E-state index contributed by atoms with van der Waals surface area (Å²) in [5, 5.41) is 13.1. The Bertz CT molecular complexity index is 1450. The summed E-state index contributed by atoms with van der Waals surface area (Å²) >= 11 is 0. The summed E-state index contributed by atoms with van der Waals surface area (Å²) in [7, 11) is 1.64. The van der Waals surface area contributed by atoms with Crippen LogP contribution in [-0.4, -0.2) is 34.6 Å². The molecule has 0 saturated carbocycles. The van der Waals surface area contributed by atoms with Gasteiger partial charge in [0.05, 0.1) is 12.7 Å². The standard InChI is InChI=1S/C29H26N2O3/c1-34-23-14-12-20(13-15-23)19-31(17-16-22-18-30-26-10-3-2-8-24(22)26)29(33)25-9-4-6-21-7-5-11-27(32)28(21)25/h2-15,18,30,32H,16-17,19H2,1H3. The van der Waals surface area contributed by atoms with Gasteiger partial charge in [-0.3, -0.25) is 4.79 Å². The van der Waals surface area contributed by atoms with Gasteiger partial charge in [0, 0.05) is 35.6 Å². The number of carbonyl (C=O) groups is 1. The highest BCUT2D eigenvalue weighted by molar-refractivity contribution is 6.09. The van der Waals surface area contributed by atoms with E-state index in [0.29, 0.717) is 30.5 Å². The van der Waals surface area contributed by atoms with Crippen molar-refractivity contribution in [1.29, 1.82) is 0 Å². The number of hydrogen-bond acceptors (Lipinski definition) is 3. The van der Waals surface area contributed by atoms with Crippen molar-refractivity contribution < 1.29 is 14.6 Å². The molecule has 0 fully saturated rings. The summed E-state index contributed by atoms with van der Waals surface area (Å²) in [4.78, 5) is 19.0. The second-order valence-corrected chi connectivity index (χ2v) is 8.37. The molecule has 0 aliphatic heterocycles. The van der Waals surface area contributed by atoms with E-state index in [9.17, 15) is 9.90 Å². The first kappa shape index (κ1) is 21.6. The van der Waals surface area contributed by atoms with Gasteiger partial charge in [-0.2, -0.15) is 0 Å². The molecule has 5 rings (SSSR count). The van der Waals surface area contributed by atoms with Gasteiger partial charge in [0.2, 0.25) is 0 Å². The second-order valence-electron chi connectivity index (χ2n) is 8.37. The number of nitrogens with zero attached hydrogens (tertiary/aromatic N) is 1.